The van der Waals surface area contributed by atoms with Gasteiger partial charge in [-0.25, -0.2) is 0 Å². The van der Waals surface area contributed by atoms with Crippen LogP contribution in [0.1, 0.15) is 40.7 Å². The molecule has 0 aliphatic carbocycles. The predicted molar refractivity (Wildman–Crippen MR) is 109 cm³/mol. The van der Waals surface area contributed by atoms with E-state index in [2.05, 4.69) is 22.6 Å². The second-order valence-corrected chi connectivity index (χ2v) is 7.64. The van der Waals surface area contributed by atoms with Crippen LogP contribution in [0.5, 0.6) is 0 Å². The number of nitrogens with zero attached hydrogens (tertiary/aromatic N) is 1. The predicted octanol–water partition coefficient (Wildman–Crippen LogP) is 5.03. The highest BCUT2D eigenvalue weighted by atomic mass is 32.2. The lowest BCUT2D eigenvalue weighted by Crippen LogP contribution is -2.33. The number of benzene rings is 2. The Morgan fingerprint density at radius 3 is 2.63 bits per heavy atom. The average Bonchev–Trinajstić information content (AvgIpc) is 3.11. The lowest BCUT2D eigenvalue weighted by atomic mass is 10.1. The van der Waals surface area contributed by atoms with Gasteiger partial charge in [0.05, 0.1) is 17.0 Å². The fraction of sp³-hybridized carbons (Fsp3) is 0.273. The second kappa shape index (κ2) is 9.42. The summed E-state index contributed by atoms with van der Waals surface area (Å²) in [6.07, 6.45) is 1.85. The van der Waals surface area contributed by atoms with Crippen LogP contribution >= 0.6 is 11.8 Å². The Balaban J connectivity index is 1.57. The van der Waals surface area contributed by atoms with E-state index in [4.69, 9.17) is 4.52 Å². The molecule has 140 valence electrons. The van der Waals surface area contributed by atoms with Crippen LogP contribution in [0.25, 0.3) is 0 Å². The molecule has 1 N–H and O–H groups in total. The SMILES string of the molecule is Cc1cc(CSc2ccccc2C(=O)NC(C)CCc2ccccc2)on1. The third kappa shape index (κ3) is 5.73. The van der Waals surface area contributed by atoms with Crippen molar-refractivity contribution >= 4 is 17.7 Å². The van der Waals surface area contributed by atoms with Crippen molar-refractivity contribution in [2.45, 2.75) is 43.4 Å². The summed E-state index contributed by atoms with van der Waals surface area (Å²) in [4.78, 5) is 13.7. The van der Waals surface area contributed by atoms with Gasteiger partial charge in [0, 0.05) is 17.0 Å². The van der Waals surface area contributed by atoms with Crippen LogP contribution < -0.4 is 5.32 Å². The first kappa shape index (κ1) is 19.2. The van der Waals surface area contributed by atoms with Crippen molar-refractivity contribution in [2.24, 2.45) is 0 Å². The topological polar surface area (TPSA) is 55.1 Å². The van der Waals surface area contributed by atoms with E-state index in [1.807, 2.05) is 62.4 Å². The average molecular weight is 381 g/mol. The van der Waals surface area contributed by atoms with Gasteiger partial charge in [0.2, 0.25) is 0 Å². The molecular weight excluding hydrogens is 356 g/mol. The normalized spacial score (nSPS) is 11.9. The molecular formula is C22H24N2O2S. The van der Waals surface area contributed by atoms with Crippen LogP contribution in [-0.4, -0.2) is 17.1 Å². The molecule has 0 aliphatic rings. The molecule has 0 radical (unpaired) electrons. The Kier molecular flexibility index (Phi) is 6.71. The van der Waals surface area contributed by atoms with E-state index >= 15 is 0 Å². The number of hydrogen-bond acceptors (Lipinski definition) is 4. The molecule has 1 unspecified atom stereocenters. The number of carbonyl (C=O) groups is 1. The second-order valence-electron chi connectivity index (χ2n) is 6.62. The maximum atomic E-state index is 12.7. The number of amides is 1. The molecule has 2 aromatic carbocycles. The fourth-order valence-electron chi connectivity index (χ4n) is 2.81. The molecule has 3 aromatic rings. The van der Waals surface area contributed by atoms with Crippen molar-refractivity contribution in [2.75, 3.05) is 0 Å². The zero-order valence-corrected chi connectivity index (χ0v) is 16.5. The fourth-order valence-corrected chi connectivity index (χ4v) is 3.74. The highest BCUT2D eigenvalue weighted by Crippen LogP contribution is 2.26. The Morgan fingerprint density at radius 2 is 1.89 bits per heavy atom. The molecule has 1 heterocycles. The Hall–Kier alpha value is -2.53. The van der Waals surface area contributed by atoms with Gasteiger partial charge in [-0.1, -0.05) is 47.6 Å². The molecule has 0 fully saturated rings. The maximum Gasteiger partial charge on any atom is 0.252 e. The molecule has 5 heteroatoms. The summed E-state index contributed by atoms with van der Waals surface area (Å²) in [5.74, 6) is 1.42. The first-order valence-electron chi connectivity index (χ1n) is 9.10. The van der Waals surface area contributed by atoms with E-state index in [0.717, 1.165) is 29.2 Å². The number of carbonyl (C=O) groups excluding carboxylic acids is 1. The molecule has 0 spiro atoms. The zero-order valence-electron chi connectivity index (χ0n) is 15.6. The summed E-state index contributed by atoms with van der Waals surface area (Å²) in [6, 6.07) is 20.0. The first-order valence-corrected chi connectivity index (χ1v) is 10.1. The van der Waals surface area contributed by atoms with E-state index < -0.39 is 0 Å². The number of nitrogens with one attached hydrogen (secondary N) is 1. The highest BCUT2D eigenvalue weighted by Gasteiger charge is 2.14. The minimum Gasteiger partial charge on any atom is -0.360 e. The monoisotopic (exact) mass is 380 g/mol. The van der Waals surface area contributed by atoms with Crippen LogP contribution in [0.3, 0.4) is 0 Å². The quantitative estimate of drug-likeness (QED) is 0.557. The van der Waals surface area contributed by atoms with E-state index in [-0.39, 0.29) is 11.9 Å². The third-order valence-electron chi connectivity index (χ3n) is 4.26. The van der Waals surface area contributed by atoms with Crippen molar-refractivity contribution < 1.29 is 9.32 Å². The van der Waals surface area contributed by atoms with Crippen LogP contribution in [-0.2, 0) is 12.2 Å². The molecule has 0 saturated carbocycles. The summed E-state index contributed by atoms with van der Waals surface area (Å²) in [6.45, 7) is 3.95. The van der Waals surface area contributed by atoms with Crippen molar-refractivity contribution in [3.63, 3.8) is 0 Å². The largest absolute Gasteiger partial charge is 0.360 e. The number of hydrogen-bond donors (Lipinski definition) is 1. The van der Waals surface area contributed by atoms with Gasteiger partial charge in [-0.2, -0.15) is 0 Å². The van der Waals surface area contributed by atoms with Gasteiger partial charge in [0.1, 0.15) is 5.76 Å². The summed E-state index contributed by atoms with van der Waals surface area (Å²) in [5.41, 5.74) is 2.85. The van der Waals surface area contributed by atoms with E-state index in [1.54, 1.807) is 11.8 Å². The Bertz CT molecular complexity index is 877. The summed E-state index contributed by atoms with van der Waals surface area (Å²) < 4.78 is 5.25. The molecule has 0 aliphatic heterocycles. The van der Waals surface area contributed by atoms with Crippen LogP contribution in [0.2, 0.25) is 0 Å². The molecule has 1 atom stereocenters. The highest BCUT2D eigenvalue weighted by molar-refractivity contribution is 7.98. The molecule has 1 aromatic heterocycles. The van der Waals surface area contributed by atoms with Crippen molar-refractivity contribution in [3.8, 4) is 0 Å². The molecule has 0 saturated heterocycles. The van der Waals surface area contributed by atoms with Gasteiger partial charge in [0.15, 0.2) is 0 Å². The molecule has 27 heavy (non-hydrogen) atoms. The van der Waals surface area contributed by atoms with Gasteiger partial charge in [0.25, 0.3) is 5.91 Å². The summed E-state index contributed by atoms with van der Waals surface area (Å²) in [7, 11) is 0. The maximum absolute atomic E-state index is 12.7. The minimum atomic E-state index is -0.0348. The van der Waals surface area contributed by atoms with Crippen molar-refractivity contribution in [3.05, 3.63) is 83.2 Å². The molecule has 0 bridgehead atoms. The number of rotatable bonds is 8. The Labute approximate surface area is 164 Å². The summed E-state index contributed by atoms with van der Waals surface area (Å²) in [5, 5.41) is 7.02. The number of aromatic nitrogens is 1. The van der Waals surface area contributed by atoms with E-state index in [9.17, 15) is 4.79 Å². The standard InChI is InChI=1S/C22H24N2O2S/c1-16(12-13-18-8-4-3-5-9-18)23-22(25)20-10-6-7-11-21(20)27-15-19-14-17(2)24-26-19/h3-11,14,16H,12-13,15H2,1-2H3,(H,23,25). The van der Waals surface area contributed by atoms with Gasteiger partial charge in [-0.3, -0.25) is 4.79 Å². The van der Waals surface area contributed by atoms with Crippen LogP contribution in [0.4, 0.5) is 0 Å². The van der Waals surface area contributed by atoms with Crippen molar-refractivity contribution in [1.82, 2.24) is 10.5 Å². The molecule has 3 rings (SSSR count). The summed E-state index contributed by atoms with van der Waals surface area (Å²) >= 11 is 1.58. The molecule has 4 nitrogen and oxygen atoms in total. The lowest BCUT2D eigenvalue weighted by Gasteiger charge is -2.15. The van der Waals surface area contributed by atoms with Gasteiger partial charge in [-0.05, 0) is 44.4 Å². The lowest BCUT2D eigenvalue weighted by molar-refractivity contribution is 0.0935. The number of thioether (sulfide) groups is 1. The van der Waals surface area contributed by atoms with Crippen LogP contribution in [0, 0.1) is 6.92 Å². The minimum absolute atomic E-state index is 0.0348. The van der Waals surface area contributed by atoms with Crippen LogP contribution in [0.15, 0.2) is 70.1 Å². The smallest absolute Gasteiger partial charge is 0.252 e. The number of aryl methyl sites for hydroxylation is 2. The first-order chi connectivity index (χ1) is 13.1. The van der Waals surface area contributed by atoms with E-state index in [1.165, 1.54) is 5.56 Å². The zero-order chi connectivity index (χ0) is 19.1. The van der Waals surface area contributed by atoms with Crippen molar-refractivity contribution in [1.29, 1.82) is 0 Å². The van der Waals surface area contributed by atoms with E-state index in [0.29, 0.717) is 11.3 Å². The van der Waals surface area contributed by atoms with Gasteiger partial charge in [-0.15, -0.1) is 11.8 Å². The Morgan fingerprint density at radius 1 is 1.15 bits per heavy atom. The third-order valence-corrected chi connectivity index (χ3v) is 5.36. The van der Waals surface area contributed by atoms with Gasteiger partial charge >= 0.3 is 0 Å². The van der Waals surface area contributed by atoms with Gasteiger partial charge < -0.3 is 9.84 Å². The molecule has 1 amide bonds.